The maximum Gasteiger partial charge on any atom is 0.338 e. The minimum Gasteiger partial charge on any atom is -0.456 e. The van der Waals surface area contributed by atoms with Gasteiger partial charge in [0.1, 0.15) is 13.4 Å². The lowest BCUT2D eigenvalue weighted by molar-refractivity contribution is -0.0314. The molecular formula is C17H24BO3P. The second-order valence-corrected chi connectivity index (χ2v) is 11.1. The predicted molar refractivity (Wildman–Crippen MR) is 92.0 cm³/mol. The van der Waals surface area contributed by atoms with Gasteiger partial charge < -0.3 is 9.30 Å². The first-order valence-corrected chi connectivity index (χ1v) is 10.6. The van der Waals surface area contributed by atoms with Crippen LogP contribution in [-0.2, 0) is 9.30 Å². The predicted octanol–water partition coefficient (Wildman–Crippen LogP) is 3.05. The van der Waals surface area contributed by atoms with E-state index in [1.165, 1.54) is 0 Å². The summed E-state index contributed by atoms with van der Waals surface area (Å²) in [7, 11) is -0.0885. The third-order valence-electron chi connectivity index (χ3n) is 6.47. The van der Waals surface area contributed by atoms with E-state index in [-0.39, 0.29) is 22.9 Å². The summed E-state index contributed by atoms with van der Waals surface area (Å²) in [4.78, 5) is 12.5. The fraction of sp³-hybridized carbons (Fsp3) is 0.588. The van der Waals surface area contributed by atoms with Crippen LogP contribution in [0.15, 0.2) is 30.3 Å². The lowest BCUT2D eigenvalue weighted by atomic mass is 9.70. The third kappa shape index (κ3) is 1.96. The molecule has 1 aromatic rings. The molecule has 0 amide bonds. The van der Waals surface area contributed by atoms with Gasteiger partial charge in [-0.25, -0.2) is 4.79 Å². The first kappa shape index (κ1) is 15.9. The van der Waals surface area contributed by atoms with Gasteiger partial charge in [-0.2, -0.15) is 0 Å². The topological polar surface area (TPSA) is 43.4 Å². The van der Waals surface area contributed by atoms with Crippen molar-refractivity contribution in [3.05, 3.63) is 35.9 Å². The molecule has 5 heteroatoms. The molecule has 0 radical (unpaired) electrons. The average Bonchev–Trinajstić information content (AvgIpc) is 3.19. The monoisotopic (exact) mass is 318 g/mol. The molecule has 0 bridgehead atoms. The van der Waals surface area contributed by atoms with Gasteiger partial charge in [0.15, 0.2) is 0 Å². The van der Waals surface area contributed by atoms with Crippen LogP contribution in [0.25, 0.3) is 0 Å². The summed E-state index contributed by atoms with van der Waals surface area (Å²) >= 11 is 0. The fourth-order valence-corrected chi connectivity index (χ4v) is 7.64. The van der Waals surface area contributed by atoms with Crippen molar-refractivity contribution in [3.63, 3.8) is 0 Å². The maximum atomic E-state index is 12.8. The Labute approximate surface area is 133 Å². The smallest absolute Gasteiger partial charge is 0.338 e. The molecule has 5 unspecified atom stereocenters. The molecule has 2 saturated carbocycles. The summed E-state index contributed by atoms with van der Waals surface area (Å²) in [5.74, 6) is 0.495. The van der Waals surface area contributed by atoms with Crippen LogP contribution in [0, 0.1) is 11.8 Å². The summed E-state index contributed by atoms with van der Waals surface area (Å²) in [5, 5.41) is -0.127. The number of hydrogen-bond donors (Lipinski definition) is 0. The second kappa shape index (κ2) is 4.74. The average molecular weight is 318 g/mol. The fourth-order valence-electron chi connectivity index (χ4n) is 4.79. The zero-order valence-corrected chi connectivity index (χ0v) is 14.9. The van der Waals surface area contributed by atoms with Crippen LogP contribution in [0.1, 0.15) is 30.6 Å². The van der Waals surface area contributed by atoms with Crippen molar-refractivity contribution < 1.29 is 14.1 Å². The minimum atomic E-state index is -2.23. The highest BCUT2D eigenvalue weighted by atomic mass is 31.2. The highest BCUT2D eigenvalue weighted by molar-refractivity contribution is 7.64. The van der Waals surface area contributed by atoms with Crippen molar-refractivity contribution in [3.8, 4) is 0 Å². The summed E-state index contributed by atoms with van der Waals surface area (Å²) in [6.07, 6.45) is 1.01. The second-order valence-electron chi connectivity index (χ2n) is 7.60. The molecule has 118 valence electrons. The number of rotatable bonds is 3. The Morgan fingerprint density at radius 2 is 1.91 bits per heavy atom. The van der Waals surface area contributed by atoms with Gasteiger partial charge in [-0.1, -0.05) is 25.1 Å². The quantitative estimate of drug-likeness (QED) is 0.489. The number of fused-ring (bicyclic) bond motifs is 1. The summed E-state index contributed by atoms with van der Waals surface area (Å²) in [5.41, 5.74) is 0.0336. The molecule has 2 fully saturated rings. The van der Waals surface area contributed by atoms with E-state index in [1.54, 1.807) is 12.1 Å². The van der Waals surface area contributed by atoms with Gasteiger partial charge in [-0.3, -0.25) is 0 Å². The van der Waals surface area contributed by atoms with Gasteiger partial charge in [-0.15, -0.1) is 0 Å². The Kier molecular flexibility index (Phi) is 3.42. The summed E-state index contributed by atoms with van der Waals surface area (Å²) in [6, 6.07) is 9.11. The van der Waals surface area contributed by atoms with Gasteiger partial charge in [0, 0.05) is 11.1 Å². The van der Waals surface area contributed by atoms with Crippen LogP contribution in [0.2, 0.25) is 5.82 Å². The van der Waals surface area contributed by atoms with Crippen molar-refractivity contribution in [2.75, 3.05) is 13.3 Å². The minimum absolute atomic E-state index is 0.119. The van der Waals surface area contributed by atoms with E-state index in [1.807, 2.05) is 38.5 Å². The number of carbonyl (C=O) groups excluding carboxylic acids is 1. The van der Waals surface area contributed by atoms with Crippen molar-refractivity contribution in [2.24, 2.45) is 11.8 Å². The van der Waals surface area contributed by atoms with Gasteiger partial charge in [0.25, 0.3) is 0 Å². The number of hydrogen-bond acceptors (Lipinski definition) is 3. The van der Waals surface area contributed by atoms with E-state index in [0.717, 1.165) is 6.42 Å². The van der Waals surface area contributed by atoms with Crippen molar-refractivity contribution in [2.45, 2.75) is 36.8 Å². The highest BCUT2D eigenvalue weighted by Gasteiger charge is 2.77. The van der Waals surface area contributed by atoms with Crippen LogP contribution in [0.3, 0.4) is 0 Å². The molecule has 2 aliphatic rings. The Balaban J connectivity index is 1.88. The Hall–Kier alpha value is -1.02. The Morgan fingerprint density at radius 3 is 2.41 bits per heavy atom. The van der Waals surface area contributed by atoms with Crippen LogP contribution in [0.4, 0.5) is 0 Å². The molecule has 0 N–H and O–H groups in total. The van der Waals surface area contributed by atoms with E-state index in [4.69, 9.17) is 4.74 Å². The Morgan fingerprint density at radius 1 is 1.32 bits per heavy atom. The number of benzene rings is 1. The largest absolute Gasteiger partial charge is 0.456 e. The molecule has 2 aliphatic carbocycles. The molecule has 0 saturated heterocycles. The highest BCUT2D eigenvalue weighted by Crippen LogP contribution is 2.82. The van der Waals surface area contributed by atoms with E-state index in [2.05, 4.69) is 14.8 Å². The standard InChI is InChI=1S/C17H24BO3P/c1-11-16(2,21-15(19)12-8-6-5-7-9-12)14(18)13-10-17(11,13)22(3,4)20/h5-9,11,13-14H,10,18H2,1-4H3. The van der Waals surface area contributed by atoms with Crippen molar-refractivity contribution >= 4 is 21.0 Å². The van der Waals surface area contributed by atoms with Crippen LogP contribution in [-0.4, -0.2) is 37.9 Å². The first-order chi connectivity index (χ1) is 10.1. The first-order valence-electron chi connectivity index (χ1n) is 7.98. The van der Waals surface area contributed by atoms with Crippen LogP contribution >= 0.6 is 7.14 Å². The number of carbonyl (C=O) groups is 1. The maximum absolute atomic E-state index is 12.8. The molecule has 3 nitrogen and oxygen atoms in total. The normalized spacial score (nSPS) is 40.1. The summed E-state index contributed by atoms with van der Waals surface area (Å²) in [6.45, 7) is 7.91. The van der Waals surface area contributed by atoms with E-state index in [9.17, 15) is 9.36 Å². The zero-order chi connectivity index (χ0) is 16.3. The van der Waals surface area contributed by atoms with Crippen molar-refractivity contribution in [1.82, 2.24) is 0 Å². The van der Waals surface area contributed by atoms with Gasteiger partial charge in [0.05, 0.1) is 12.7 Å². The molecule has 0 aromatic heterocycles. The van der Waals surface area contributed by atoms with Crippen LogP contribution in [0.5, 0.6) is 0 Å². The van der Waals surface area contributed by atoms with E-state index >= 15 is 0 Å². The van der Waals surface area contributed by atoms with E-state index in [0.29, 0.717) is 11.5 Å². The number of esters is 1. The molecule has 1 aromatic carbocycles. The SMILES string of the molecule is BC1C2CC2(P(C)(C)=O)C(C)C1(C)OC(=O)c1ccccc1. The molecule has 5 atom stereocenters. The molecule has 3 rings (SSSR count). The number of ether oxygens (including phenoxy) is 1. The molecule has 0 aliphatic heterocycles. The molecule has 22 heavy (non-hydrogen) atoms. The Bertz CT molecular complexity index is 655. The van der Waals surface area contributed by atoms with E-state index < -0.39 is 12.7 Å². The van der Waals surface area contributed by atoms with Gasteiger partial charge >= 0.3 is 5.97 Å². The molecule has 0 heterocycles. The molecule has 0 spiro atoms. The lowest BCUT2D eigenvalue weighted by Gasteiger charge is -2.39. The third-order valence-corrected chi connectivity index (χ3v) is 9.38. The van der Waals surface area contributed by atoms with Crippen molar-refractivity contribution in [1.29, 1.82) is 0 Å². The molecular weight excluding hydrogens is 294 g/mol. The van der Waals surface area contributed by atoms with Gasteiger partial charge in [-0.05, 0) is 50.5 Å². The van der Waals surface area contributed by atoms with Crippen LogP contribution < -0.4 is 0 Å². The van der Waals surface area contributed by atoms with Gasteiger partial charge in [0.2, 0.25) is 0 Å². The zero-order valence-electron chi connectivity index (χ0n) is 14.0. The lowest BCUT2D eigenvalue weighted by Crippen LogP contribution is -2.43. The summed E-state index contributed by atoms with van der Waals surface area (Å²) < 4.78 is 18.8.